The largest absolute Gasteiger partial charge is 0.492 e. The highest BCUT2D eigenvalue weighted by molar-refractivity contribution is 5.48. The van der Waals surface area contributed by atoms with Crippen molar-refractivity contribution >= 4 is 5.69 Å². The average molecular weight is 343 g/mol. The van der Waals surface area contributed by atoms with E-state index in [1.54, 1.807) is 6.20 Å². The molecular formula is C19H25N3O3. The number of hydrogen-bond acceptors (Lipinski definition) is 5. The van der Waals surface area contributed by atoms with Crippen LogP contribution >= 0.6 is 0 Å². The van der Waals surface area contributed by atoms with Crippen LogP contribution in [0.15, 0.2) is 42.7 Å². The van der Waals surface area contributed by atoms with Gasteiger partial charge in [0.2, 0.25) is 0 Å². The topological polar surface area (TPSA) is 57.5 Å². The van der Waals surface area contributed by atoms with Gasteiger partial charge in [-0.25, -0.2) is 0 Å². The molecule has 2 aliphatic rings. The van der Waals surface area contributed by atoms with Gasteiger partial charge in [0.15, 0.2) is 5.79 Å². The molecule has 1 N–H and O–H groups in total. The summed E-state index contributed by atoms with van der Waals surface area (Å²) in [5.74, 6) is 0.585. The molecule has 1 aromatic carbocycles. The molecule has 0 bridgehead atoms. The highest BCUT2D eigenvalue weighted by atomic mass is 16.7. The van der Waals surface area contributed by atoms with Gasteiger partial charge in [-0.3, -0.25) is 4.68 Å². The zero-order chi connectivity index (χ0) is 17.0. The van der Waals surface area contributed by atoms with Crippen LogP contribution in [0.4, 0.5) is 5.69 Å². The maximum Gasteiger partial charge on any atom is 0.168 e. The molecule has 6 nitrogen and oxygen atoms in total. The van der Waals surface area contributed by atoms with Crippen LogP contribution in [-0.4, -0.2) is 41.4 Å². The van der Waals surface area contributed by atoms with Crippen LogP contribution in [0.1, 0.15) is 25.7 Å². The highest BCUT2D eigenvalue weighted by Gasteiger charge is 2.40. The summed E-state index contributed by atoms with van der Waals surface area (Å²) in [5.41, 5.74) is 1.10. The van der Waals surface area contributed by atoms with E-state index in [9.17, 15) is 0 Å². The fourth-order valence-electron chi connectivity index (χ4n) is 3.59. The van der Waals surface area contributed by atoms with Crippen LogP contribution in [0, 0.1) is 0 Å². The average Bonchev–Trinajstić information content (AvgIpc) is 3.30. The van der Waals surface area contributed by atoms with Crippen molar-refractivity contribution in [3.8, 4) is 5.75 Å². The Morgan fingerprint density at radius 2 is 2.04 bits per heavy atom. The standard InChI is InChI=1S/C19H25N3O3/c1-3-17(15-18(4-1)23-12-11-22-10-2-9-20-22)21-16-5-7-19(8-6-16)24-13-14-25-19/h1-4,9-10,15-16,21H,5-8,11-14H2. The molecule has 4 rings (SSSR count). The quantitative estimate of drug-likeness (QED) is 0.873. The van der Waals surface area contributed by atoms with Crippen molar-refractivity contribution in [3.63, 3.8) is 0 Å². The number of nitrogens with one attached hydrogen (secondary N) is 1. The van der Waals surface area contributed by atoms with Crippen LogP contribution in [0.2, 0.25) is 0 Å². The summed E-state index contributed by atoms with van der Waals surface area (Å²) in [7, 11) is 0. The number of ether oxygens (including phenoxy) is 3. The van der Waals surface area contributed by atoms with Gasteiger partial charge in [0, 0.05) is 43.0 Å². The van der Waals surface area contributed by atoms with Crippen molar-refractivity contribution in [3.05, 3.63) is 42.7 Å². The molecule has 25 heavy (non-hydrogen) atoms. The Morgan fingerprint density at radius 1 is 1.20 bits per heavy atom. The number of hydrogen-bond donors (Lipinski definition) is 1. The predicted octanol–water partition coefficient (Wildman–Crippen LogP) is 3.06. The molecule has 1 aromatic heterocycles. The lowest BCUT2D eigenvalue weighted by Gasteiger charge is -2.36. The molecule has 6 heteroatoms. The lowest BCUT2D eigenvalue weighted by atomic mass is 9.90. The van der Waals surface area contributed by atoms with Gasteiger partial charge in [0.05, 0.1) is 19.8 Å². The zero-order valence-corrected chi connectivity index (χ0v) is 14.4. The van der Waals surface area contributed by atoms with Crippen molar-refractivity contribution in [2.24, 2.45) is 0 Å². The summed E-state index contributed by atoms with van der Waals surface area (Å²) < 4.78 is 19.3. The molecular weight excluding hydrogens is 318 g/mol. The number of benzene rings is 1. The van der Waals surface area contributed by atoms with E-state index >= 15 is 0 Å². The maximum atomic E-state index is 5.84. The van der Waals surface area contributed by atoms with Gasteiger partial charge < -0.3 is 19.5 Å². The number of aromatic nitrogens is 2. The monoisotopic (exact) mass is 343 g/mol. The Balaban J connectivity index is 1.26. The molecule has 1 spiro atoms. The molecule has 1 saturated carbocycles. The van der Waals surface area contributed by atoms with E-state index in [2.05, 4.69) is 22.5 Å². The van der Waals surface area contributed by atoms with Gasteiger partial charge in [-0.2, -0.15) is 5.10 Å². The molecule has 134 valence electrons. The normalized spacial score (nSPS) is 20.0. The first-order chi connectivity index (χ1) is 12.3. The molecule has 1 aliphatic carbocycles. The molecule has 0 radical (unpaired) electrons. The van der Waals surface area contributed by atoms with E-state index in [4.69, 9.17) is 14.2 Å². The lowest BCUT2D eigenvalue weighted by Crippen LogP contribution is -2.39. The van der Waals surface area contributed by atoms with Crippen molar-refractivity contribution in [2.75, 3.05) is 25.1 Å². The van der Waals surface area contributed by atoms with E-state index < -0.39 is 0 Å². The zero-order valence-electron chi connectivity index (χ0n) is 14.4. The third-order valence-electron chi connectivity index (χ3n) is 4.91. The number of nitrogens with zero attached hydrogens (tertiary/aromatic N) is 2. The fourth-order valence-corrected chi connectivity index (χ4v) is 3.59. The molecule has 2 heterocycles. The van der Waals surface area contributed by atoms with Crippen LogP contribution in [0.25, 0.3) is 0 Å². The first-order valence-electron chi connectivity index (χ1n) is 9.06. The Morgan fingerprint density at radius 3 is 2.80 bits per heavy atom. The predicted molar refractivity (Wildman–Crippen MR) is 94.7 cm³/mol. The molecule has 1 aliphatic heterocycles. The molecule has 0 unspecified atom stereocenters. The number of anilines is 1. The minimum Gasteiger partial charge on any atom is -0.492 e. The van der Waals surface area contributed by atoms with Gasteiger partial charge >= 0.3 is 0 Å². The Labute approximate surface area is 148 Å². The van der Waals surface area contributed by atoms with Crippen molar-refractivity contribution < 1.29 is 14.2 Å². The van der Waals surface area contributed by atoms with Crippen LogP contribution in [0.3, 0.4) is 0 Å². The third kappa shape index (κ3) is 4.14. The summed E-state index contributed by atoms with van der Waals surface area (Å²) in [6, 6.07) is 10.5. The van der Waals surface area contributed by atoms with Crippen molar-refractivity contribution in [1.82, 2.24) is 9.78 Å². The van der Waals surface area contributed by atoms with Crippen LogP contribution in [0.5, 0.6) is 5.75 Å². The smallest absolute Gasteiger partial charge is 0.168 e. The van der Waals surface area contributed by atoms with Gasteiger partial charge in [-0.15, -0.1) is 0 Å². The van der Waals surface area contributed by atoms with E-state index in [0.29, 0.717) is 12.6 Å². The van der Waals surface area contributed by atoms with Crippen LogP contribution < -0.4 is 10.1 Å². The molecule has 0 atom stereocenters. The first kappa shape index (κ1) is 16.4. The third-order valence-corrected chi connectivity index (χ3v) is 4.91. The summed E-state index contributed by atoms with van der Waals surface area (Å²) in [4.78, 5) is 0. The molecule has 2 fully saturated rings. The Bertz CT molecular complexity index is 658. The Kier molecular flexibility index (Phi) is 4.90. The second kappa shape index (κ2) is 7.45. The van der Waals surface area contributed by atoms with E-state index in [1.807, 2.05) is 29.1 Å². The minimum atomic E-state index is -0.296. The van der Waals surface area contributed by atoms with Crippen LogP contribution in [-0.2, 0) is 16.0 Å². The Hall–Kier alpha value is -2.05. The summed E-state index contributed by atoms with van der Waals surface area (Å²) in [6.07, 6.45) is 7.76. The van der Waals surface area contributed by atoms with E-state index in [-0.39, 0.29) is 5.79 Å². The fraction of sp³-hybridized carbons (Fsp3) is 0.526. The van der Waals surface area contributed by atoms with Crippen molar-refractivity contribution in [2.45, 2.75) is 44.1 Å². The minimum absolute atomic E-state index is 0.296. The number of rotatable bonds is 6. The van der Waals surface area contributed by atoms with Gasteiger partial charge in [-0.05, 0) is 31.0 Å². The molecule has 1 saturated heterocycles. The second-order valence-electron chi connectivity index (χ2n) is 6.67. The van der Waals surface area contributed by atoms with Gasteiger partial charge in [0.1, 0.15) is 12.4 Å². The van der Waals surface area contributed by atoms with Crippen molar-refractivity contribution in [1.29, 1.82) is 0 Å². The maximum absolute atomic E-state index is 5.84. The second-order valence-corrected chi connectivity index (χ2v) is 6.67. The van der Waals surface area contributed by atoms with Gasteiger partial charge in [0.25, 0.3) is 0 Å². The first-order valence-corrected chi connectivity index (χ1v) is 9.06. The summed E-state index contributed by atoms with van der Waals surface area (Å²) in [6.45, 7) is 2.81. The molecule has 0 amide bonds. The molecule has 2 aromatic rings. The van der Waals surface area contributed by atoms with E-state index in [1.165, 1.54) is 0 Å². The highest BCUT2D eigenvalue weighted by Crippen LogP contribution is 2.36. The SMILES string of the molecule is c1cc(NC2CCC3(CC2)OCCO3)cc(OCCn2cccn2)c1. The van der Waals surface area contributed by atoms with E-state index in [0.717, 1.165) is 56.9 Å². The van der Waals surface area contributed by atoms with Gasteiger partial charge in [-0.1, -0.05) is 6.07 Å². The summed E-state index contributed by atoms with van der Waals surface area (Å²) in [5, 5.41) is 7.80. The summed E-state index contributed by atoms with van der Waals surface area (Å²) >= 11 is 0. The lowest BCUT2D eigenvalue weighted by molar-refractivity contribution is -0.177.